The maximum atomic E-state index is 13.9. The van der Waals surface area contributed by atoms with Gasteiger partial charge in [0.05, 0.1) is 21.8 Å². The highest BCUT2D eigenvalue weighted by atomic mass is 35.5. The van der Waals surface area contributed by atoms with Gasteiger partial charge in [0.2, 0.25) is 0 Å². The van der Waals surface area contributed by atoms with E-state index in [4.69, 9.17) is 17.3 Å². The number of benzene rings is 3. The van der Waals surface area contributed by atoms with Gasteiger partial charge in [-0.2, -0.15) is 0 Å². The van der Waals surface area contributed by atoms with Crippen molar-refractivity contribution in [3.8, 4) is 0 Å². The number of hydrogen-bond donors (Lipinski definition) is 2. The first kappa shape index (κ1) is 21.5. The van der Waals surface area contributed by atoms with Crippen LogP contribution in [0.2, 0.25) is 5.02 Å². The summed E-state index contributed by atoms with van der Waals surface area (Å²) >= 11 is 5.91. The third-order valence-electron chi connectivity index (χ3n) is 5.37. The Morgan fingerprint density at radius 2 is 1.69 bits per heavy atom. The summed E-state index contributed by atoms with van der Waals surface area (Å²) in [5.74, 6) is -2.21. The molecule has 0 fully saturated rings. The fourth-order valence-electron chi connectivity index (χ4n) is 3.68. The minimum atomic E-state index is -0.526. The largest absolute Gasteiger partial charge is 0.398 e. The maximum absolute atomic E-state index is 13.9. The standard InChI is InChI=1S/C24H19ClFN3O3/c25-20-9-8-15(11-21(20)27)22(30)28-12-16(14-4-3-5-17(26)10-14)13-29-23(31)18-6-1-2-7-19(18)24(29)32/h1-11,16H,12-13,27H2,(H,28,30). The number of nitrogens with two attached hydrogens (primary N) is 1. The van der Waals surface area contributed by atoms with Crippen molar-refractivity contribution in [2.45, 2.75) is 5.92 Å². The molecule has 4 rings (SSSR count). The van der Waals surface area contributed by atoms with Crippen LogP contribution in [0.25, 0.3) is 0 Å². The Hall–Kier alpha value is -3.71. The van der Waals surface area contributed by atoms with Gasteiger partial charge in [0.15, 0.2) is 0 Å². The third kappa shape index (κ3) is 4.20. The van der Waals surface area contributed by atoms with Crippen LogP contribution in [-0.2, 0) is 0 Å². The number of halogens is 2. The Balaban J connectivity index is 1.56. The predicted molar refractivity (Wildman–Crippen MR) is 119 cm³/mol. The predicted octanol–water partition coefficient (Wildman–Crippen LogP) is 3.87. The normalized spacial score (nSPS) is 13.8. The summed E-state index contributed by atoms with van der Waals surface area (Å²) in [5, 5.41) is 3.12. The third-order valence-corrected chi connectivity index (χ3v) is 5.71. The van der Waals surface area contributed by atoms with Gasteiger partial charge in [-0.3, -0.25) is 19.3 Å². The molecule has 1 heterocycles. The van der Waals surface area contributed by atoms with E-state index in [2.05, 4.69) is 5.32 Å². The lowest BCUT2D eigenvalue weighted by molar-refractivity contribution is 0.0644. The van der Waals surface area contributed by atoms with Crippen molar-refractivity contribution in [2.24, 2.45) is 0 Å². The van der Waals surface area contributed by atoms with E-state index < -0.39 is 29.5 Å². The molecule has 0 aliphatic carbocycles. The number of nitrogen functional groups attached to an aromatic ring is 1. The van der Waals surface area contributed by atoms with Gasteiger partial charge in [-0.05, 0) is 48.0 Å². The zero-order valence-electron chi connectivity index (χ0n) is 16.8. The second-order valence-electron chi connectivity index (χ2n) is 7.46. The molecule has 0 saturated heterocycles. The number of fused-ring (bicyclic) bond motifs is 1. The average Bonchev–Trinajstić information content (AvgIpc) is 3.03. The molecule has 1 aliphatic heterocycles. The van der Waals surface area contributed by atoms with E-state index in [0.717, 1.165) is 4.90 Å². The number of nitrogens with zero attached hydrogens (tertiary/aromatic N) is 1. The summed E-state index contributed by atoms with van der Waals surface area (Å²) in [6, 6.07) is 17.0. The number of carbonyl (C=O) groups is 3. The van der Waals surface area contributed by atoms with Crippen molar-refractivity contribution >= 4 is 35.0 Å². The maximum Gasteiger partial charge on any atom is 0.261 e. The molecular weight excluding hydrogens is 433 g/mol. The van der Waals surface area contributed by atoms with Gasteiger partial charge in [0, 0.05) is 24.6 Å². The number of anilines is 1. The number of hydrogen-bond acceptors (Lipinski definition) is 4. The summed E-state index contributed by atoms with van der Waals surface area (Å²) in [7, 11) is 0. The van der Waals surface area contributed by atoms with Crippen LogP contribution in [0.3, 0.4) is 0 Å². The van der Waals surface area contributed by atoms with Crippen molar-refractivity contribution in [3.63, 3.8) is 0 Å². The number of amides is 3. The molecule has 1 unspecified atom stereocenters. The van der Waals surface area contributed by atoms with Gasteiger partial charge in [-0.1, -0.05) is 35.9 Å². The van der Waals surface area contributed by atoms with Gasteiger partial charge in [0.1, 0.15) is 5.82 Å². The molecule has 0 spiro atoms. The molecule has 3 amide bonds. The minimum Gasteiger partial charge on any atom is -0.398 e. The smallest absolute Gasteiger partial charge is 0.261 e. The Bertz CT molecular complexity index is 1200. The lowest BCUT2D eigenvalue weighted by atomic mass is 9.98. The fraction of sp³-hybridized carbons (Fsp3) is 0.125. The first-order valence-electron chi connectivity index (χ1n) is 9.89. The van der Waals surface area contributed by atoms with Crippen LogP contribution in [0, 0.1) is 5.82 Å². The zero-order valence-corrected chi connectivity index (χ0v) is 17.6. The van der Waals surface area contributed by atoms with Gasteiger partial charge >= 0.3 is 0 Å². The molecule has 6 nitrogen and oxygen atoms in total. The van der Waals surface area contributed by atoms with Crippen LogP contribution < -0.4 is 11.1 Å². The highest BCUT2D eigenvalue weighted by molar-refractivity contribution is 6.33. The molecule has 0 aromatic heterocycles. The number of carbonyl (C=O) groups excluding carboxylic acids is 3. The molecule has 3 N–H and O–H groups in total. The van der Waals surface area contributed by atoms with Crippen LogP contribution >= 0.6 is 11.6 Å². The van der Waals surface area contributed by atoms with Gasteiger partial charge in [-0.15, -0.1) is 0 Å². The van der Waals surface area contributed by atoms with E-state index in [1.807, 2.05) is 0 Å². The molecule has 1 atom stereocenters. The topological polar surface area (TPSA) is 92.5 Å². The Kier molecular flexibility index (Phi) is 5.92. The fourth-order valence-corrected chi connectivity index (χ4v) is 3.79. The molecule has 0 bridgehead atoms. The van der Waals surface area contributed by atoms with Gasteiger partial charge in [0.25, 0.3) is 17.7 Å². The summed E-state index contributed by atoms with van der Waals surface area (Å²) < 4.78 is 13.9. The van der Waals surface area contributed by atoms with E-state index in [9.17, 15) is 18.8 Å². The van der Waals surface area contributed by atoms with E-state index in [1.165, 1.54) is 30.3 Å². The van der Waals surface area contributed by atoms with Crippen molar-refractivity contribution in [2.75, 3.05) is 18.8 Å². The Morgan fingerprint density at radius 1 is 1.00 bits per heavy atom. The van der Waals surface area contributed by atoms with Crippen molar-refractivity contribution in [1.82, 2.24) is 10.2 Å². The lowest BCUT2D eigenvalue weighted by Gasteiger charge is -2.23. The van der Waals surface area contributed by atoms with Crippen LogP contribution in [0.4, 0.5) is 10.1 Å². The van der Waals surface area contributed by atoms with E-state index in [-0.39, 0.29) is 18.8 Å². The quantitative estimate of drug-likeness (QED) is 0.439. The molecule has 32 heavy (non-hydrogen) atoms. The second-order valence-corrected chi connectivity index (χ2v) is 7.87. The molecular formula is C24H19ClFN3O3. The summed E-state index contributed by atoms with van der Waals surface area (Å²) in [4.78, 5) is 39.3. The summed E-state index contributed by atoms with van der Waals surface area (Å²) in [6.45, 7) is 0.0526. The number of rotatable bonds is 6. The highest BCUT2D eigenvalue weighted by Crippen LogP contribution is 2.27. The molecule has 8 heteroatoms. The number of nitrogens with one attached hydrogen (secondary N) is 1. The first-order valence-corrected chi connectivity index (χ1v) is 10.3. The zero-order chi connectivity index (χ0) is 22.8. The molecule has 3 aromatic carbocycles. The van der Waals surface area contributed by atoms with Crippen molar-refractivity contribution in [1.29, 1.82) is 0 Å². The number of imide groups is 1. The van der Waals surface area contributed by atoms with Crippen molar-refractivity contribution < 1.29 is 18.8 Å². The average molecular weight is 452 g/mol. The van der Waals surface area contributed by atoms with Crippen LogP contribution in [0.5, 0.6) is 0 Å². The Labute approximate surface area is 188 Å². The van der Waals surface area contributed by atoms with Gasteiger partial charge < -0.3 is 11.1 Å². The lowest BCUT2D eigenvalue weighted by Crippen LogP contribution is -2.38. The molecule has 162 valence electrons. The minimum absolute atomic E-state index is 0.0150. The summed E-state index contributed by atoms with van der Waals surface area (Å²) in [5.41, 5.74) is 7.56. The summed E-state index contributed by atoms with van der Waals surface area (Å²) in [6.07, 6.45) is 0. The van der Waals surface area contributed by atoms with Crippen LogP contribution in [0.15, 0.2) is 66.7 Å². The molecule has 1 aliphatic rings. The Morgan fingerprint density at radius 3 is 2.31 bits per heavy atom. The van der Waals surface area contributed by atoms with E-state index >= 15 is 0 Å². The molecule has 0 radical (unpaired) electrons. The highest BCUT2D eigenvalue weighted by Gasteiger charge is 2.36. The van der Waals surface area contributed by atoms with E-state index in [0.29, 0.717) is 27.3 Å². The van der Waals surface area contributed by atoms with Crippen molar-refractivity contribution in [3.05, 3.63) is 99.8 Å². The first-order chi connectivity index (χ1) is 15.3. The van der Waals surface area contributed by atoms with E-state index in [1.54, 1.807) is 36.4 Å². The van der Waals surface area contributed by atoms with Gasteiger partial charge in [-0.25, -0.2) is 4.39 Å². The molecule has 0 saturated carbocycles. The second kappa shape index (κ2) is 8.80. The molecule has 3 aromatic rings. The van der Waals surface area contributed by atoms with Crippen LogP contribution in [-0.4, -0.2) is 35.7 Å². The SMILES string of the molecule is Nc1cc(C(=O)NCC(CN2C(=O)c3ccccc3C2=O)c2cccc(F)c2)ccc1Cl. The van der Waals surface area contributed by atoms with Crippen LogP contribution in [0.1, 0.15) is 42.6 Å². The monoisotopic (exact) mass is 451 g/mol.